The van der Waals surface area contributed by atoms with Gasteiger partial charge in [0.05, 0.1) is 0 Å². The molecule has 6 heteroatoms. The van der Waals surface area contributed by atoms with Crippen LogP contribution >= 0.6 is 0 Å². The Morgan fingerprint density at radius 3 is 2.32 bits per heavy atom. The fourth-order valence-corrected chi connectivity index (χ4v) is 2.84. The minimum Gasteiger partial charge on any atom is -0.378 e. The number of hydrogen-bond donors (Lipinski definition) is 2. The Kier molecular flexibility index (Phi) is 5.89. The van der Waals surface area contributed by atoms with E-state index in [0.717, 1.165) is 16.9 Å². The highest BCUT2D eigenvalue weighted by atomic mass is 16.1. The van der Waals surface area contributed by atoms with Gasteiger partial charge in [-0.25, -0.2) is 9.97 Å². The minimum absolute atomic E-state index is 0.0602. The first-order valence-electron chi connectivity index (χ1n) is 9.18. The monoisotopic (exact) mass is 375 g/mol. The lowest BCUT2D eigenvalue weighted by Gasteiger charge is -2.16. The number of nitrogens with one attached hydrogen (secondary N) is 2. The third-order valence-electron chi connectivity index (χ3n) is 4.38. The van der Waals surface area contributed by atoms with Gasteiger partial charge in [-0.05, 0) is 43.7 Å². The van der Waals surface area contributed by atoms with Crippen LogP contribution in [-0.4, -0.2) is 30.0 Å². The number of amides is 1. The fraction of sp³-hybridized carbons (Fsp3) is 0.227. The topological polar surface area (TPSA) is 70.2 Å². The Morgan fingerprint density at radius 2 is 1.68 bits per heavy atom. The average Bonchev–Trinajstić information content (AvgIpc) is 2.68. The van der Waals surface area contributed by atoms with Gasteiger partial charge in [-0.3, -0.25) is 4.79 Å². The van der Waals surface area contributed by atoms with Crippen molar-refractivity contribution in [1.29, 1.82) is 0 Å². The zero-order chi connectivity index (χ0) is 20.1. The van der Waals surface area contributed by atoms with Crippen LogP contribution in [0.25, 0.3) is 0 Å². The molecular formula is C22H25N5O. The van der Waals surface area contributed by atoms with Crippen LogP contribution < -0.4 is 15.5 Å². The molecule has 0 radical (unpaired) electrons. The lowest BCUT2D eigenvalue weighted by Crippen LogP contribution is -2.16. The molecule has 2 N–H and O–H groups in total. The predicted octanol–water partition coefficient (Wildman–Crippen LogP) is 4.28. The molecule has 1 unspecified atom stereocenters. The van der Waals surface area contributed by atoms with Gasteiger partial charge in [-0.15, -0.1) is 0 Å². The quantitative estimate of drug-likeness (QED) is 0.673. The predicted molar refractivity (Wildman–Crippen MR) is 114 cm³/mol. The Bertz CT molecular complexity index is 939. The molecule has 1 aromatic heterocycles. The third-order valence-corrected chi connectivity index (χ3v) is 4.38. The summed E-state index contributed by atoms with van der Waals surface area (Å²) in [6, 6.07) is 19.5. The van der Waals surface area contributed by atoms with Gasteiger partial charge < -0.3 is 15.5 Å². The number of rotatable bonds is 6. The molecule has 28 heavy (non-hydrogen) atoms. The molecule has 1 atom stereocenters. The van der Waals surface area contributed by atoms with E-state index in [9.17, 15) is 4.79 Å². The molecule has 6 nitrogen and oxygen atoms in total. The molecule has 0 saturated heterocycles. The smallest absolute Gasteiger partial charge is 0.274 e. The summed E-state index contributed by atoms with van der Waals surface area (Å²) >= 11 is 0. The summed E-state index contributed by atoms with van der Waals surface area (Å²) in [5.74, 6) is 0.897. The van der Waals surface area contributed by atoms with Crippen LogP contribution in [0.5, 0.6) is 0 Å². The van der Waals surface area contributed by atoms with E-state index in [2.05, 4.69) is 39.7 Å². The second kappa shape index (κ2) is 8.52. The van der Waals surface area contributed by atoms with Gasteiger partial charge in [-0.2, -0.15) is 0 Å². The third kappa shape index (κ3) is 4.85. The molecule has 0 aliphatic carbocycles. The van der Waals surface area contributed by atoms with Crippen molar-refractivity contribution in [2.24, 2.45) is 0 Å². The second-order valence-electron chi connectivity index (χ2n) is 6.86. The Hall–Kier alpha value is -3.41. The van der Waals surface area contributed by atoms with Gasteiger partial charge in [-0.1, -0.05) is 30.3 Å². The number of carbonyl (C=O) groups excluding carboxylic acids is 1. The molecule has 144 valence electrons. The summed E-state index contributed by atoms with van der Waals surface area (Å²) in [6.07, 6.45) is 0. The molecule has 0 aliphatic rings. The van der Waals surface area contributed by atoms with Gasteiger partial charge >= 0.3 is 0 Å². The Labute approximate surface area is 165 Å². The second-order valence-corrected chi connectivity index (χ2v) is 6.86. The van der Waals surface area contributed by atoms with Crippen molar-refractivity contribution in [1.82, 2.24) is 9.97 Å². The molecule has 3 aromatic rings. The van der Waals surface area contributed by atoms with E-state index in [0.29, 0.717) is 17.3 Å². The summed E-state index contributed by atoms with van der Waals surface area (Å²) in [4.78, 5) is 23.4. The molecule has 1 amide bonds. The highest BCUT2D eigenvalue weighted by Crippen LogP contribution is 2.19. The Morgan fingerprint density at radius 1 is 1.00 bits per heavy atom. The van der Waals surface area contributed by atoms with Crippen molar-refractivity contribution in [2.75, 3.05) is 29.6 Å². The van der Waals surface area contributed by atoms with Gasteiger partial charge in [0.1, 0.15) is 17.3 Å². The molecular weight excluding hydrogens is 350 g/mol. The van der Waals surface area contributed by atoms with Crippen LogP contribution in [-0.2, 0) is 0 Å². The number of aryl methyl sites for hydroxylation is 1. The zero-order valence-corrected chi connectivity index (χ0v) is 16.6. The van der Waals surface area contributed by atoms with E-state index >= 15 is 0 Å². The number of carbonyl (C=O) groups is 1. The minimum atomic E-state index is -0.265. The average molecular weight is 375 g/mol. The number of anilines is 3. The van der Waals surface area contributed by atoms with Crippen molar-refractivity contribution in [3.63, 3.8) is 0 Å². The zero-order valence-electron chi connectivity index (χ0n) is 16.6. The van der Waals surface area contributed by atoms with Crippen molar-refractivity contribution >= 4 is 23.1 Å². The highest BCUT2D eigenvalue weighted by molar-refractivity contribution is 6.03. The Balaban J connectivity index is 1.74. The molecule has 0 saturated carbocycles. The van der Waals surface area contributed by atoms with E-state index < -0.39 is 0 Å². The van der Waals surface area contributed by atoms with Crippen LogP contribution in [0, 0.1) is 6.92 Å². The summed E-state index contributed by atoms with van der Waals surface area (Å²) in [6.45, 7) is 3.83. The van der Waals surface area contributed by atoms with Crippen molar-refractivity contribution in [3.8, 4) is 0 Å². The SMILES string of the molecule is Cc1nc(NC(C)c2ccccc2)cc(C(=O)Nc2ccc(N(C)C)cc2)n1. The van der Waals surface area contributed by atoms with E-state index in [-0.39, 0.29) is 11.9 Å². The van der Waals surface area contributed by atoms with Gasteiger partial charge in [0.15, 0.2) is 0 Å². The molecule has 0 fully saturated rings. The van der Waals surface area contributed by atoms with Gasteiger partial charge in [0.25, 0.3) is 5.91 Å². The van der Waals surface area contributed by atoms with E-state index in [1.165, 1.54) is 0 Å². The lowest BCUT2D eigenvalue weighted by atomic mass is 10.1. The van der Waals surface area contributed by atoms with E-state index in [4.69, 9.17) is 0 Å². The number of aromatic nitrogens is 2. The van der Waals surface area contributed by atoms with Gasteiger partial charge in [0, 0.05) is 37.6 Å². The molecule has 2 aromatic carbocycles. The molecule has 3 rings (SSSR count). The van der Waals surface area contributed by atoms with Crippen LogP contribution in [0.3, 0.4) is 0 Å². The normalized spacial score (nSPS) is 11.6. The van der Waals surface area contributed by atoms with Gasteiger partial charge in [0.2, 0.25) is 0 Å². The van der Waals surface area contributed by atoms with E-state index in [1.54, 1.807) is 13.0 Å². The summed E-state index contributed by atoms with van der Waals surface area (Å²) in [5.41, 5.74) is 3.26. The first-order chi connectivity index (χ1) is 13.4. The van der Waals surface area contributed by atoms with Crippen LogP contribution in [0.1, 0.15) is 34.8 Å². The van der Waals surface area contributed by atoms with Crippen LogP contribution in [0.15, 0.2) is 60.7 Å². The number of hydrogen-bond acceptors (Lipinski definition) is 5. The van der Waals surface area contributed by atoms with Crippen molar-refractivity contribution in [3.05, 3.63) is 77.7 Å². The van der Waals surface area contributed by atoms with Crippen molar-refractivity contribution in [2.45, 2.75) is 19.9 Å². The lowest BCUT2D eigenvalue weighted by molar-refractivity contribution is 0.102. The number of benzene rings is 2. The summed E-state index contributed by atoms with van der Waals surface area (Å²) in [7, 11) is 3.95. The van der Waals surface area contributed by atoms with Crippen LogP contribution in [0.4, 0.5) is 17.2 Å². The molecule has 1 heterocycles. The highest BCUT2D eigenvalue weighted by Gasteiger charge is 2.13. The van der Waals surface area contributed by atoms with Crippen LogP contribution in [0.2, 0.25) is 0 Å². The first kappa shape index (κ1) is 19.4. The van der Waals surface area contributed by atoms with Crippen molar-refractivity contribution < 1.29 is 4.79 Å². The number of nitrogens with zero attached hydrogens (tertiary/aromatic N) is 3. The summed E-state index contributed by atoms with van der Waals surface area (Å²) < 4.78 is 0. The maximum absolute atomic E-state index is 12.7. The largest absolute Gasteiger partial charge is 0.378 e. The maximum Gasteiger partial charge on any atom is 0.274 e. The molecule has 0 bridgehead atoms. The van der Waals surface area contributed by atoms with E-state index in [1.807, 2.05) is 61.5 Å². The molecule has 0 aliphatic heterocycles. The molecule has 0 spiro atoms. The fourth-order valence-electron chi connectivity index (χ4n) is 2.84. The summed E-state index contributed by atoms with van der Waals surface area (Å²) in [5, 5.41) is 6.23. The standard InChI is InChI=1S/C22H25N5O/c1-15(17-8-6-5-7-9-17)23-21-14-20(24-16(2)25-21)22(28)26-18-10-12-19(13-11-18)27(3)4/h5-15H,1-4H3,(H,26,28)(H,23,24,25). The maximum atomic E-state index is 12.7. The first-order valence-corrected chi connectivity index (χ1v) is 9.18.